The Morgan fingerprint density at radius 2 is 1.75 bits per heavy atom. The second-order valence-electron chi connectivity index (χ2n) is 11.3. The molecule has 0 aromatic heterocycles. The fraction of sp³-hybridized carbons (Fsp3) is 0.212. The number of rotatable bonds is 10. The average Bonchev–Trinajstić information content (AvgIpc) is 3.39. The molecule has 3 N–H and O–H groups in total. The van der Waals surface area contributed by atoms with E-state index in [1.807, 2.05) is 0 Å². The predicted molar refractivity (Wildman–Crippen MR) is 175 cm³/mol. The maximum Gasteiger partial charge on any atom is 0.435 e. The maximum absolute atomic E-state index is 13.4. The summed E-state index contributed by atoms with van der Waals surface area (Å²) in [7, 11) is 0. The second-order valence-corrected chi connectivity index (χ2v) is 11.3. The van der Waals surface area contributed by atoms with Crippen LogP contribution in [0.3, 0.4) is 0 Å². The Balaban J connectivity index is 1.11. The van der Waals surface area contributed by atoms with Crippen molar-refractivity contribution in [3.63, 3.8) is 0 Å². The first kappa shape index (κ1) is 33.9. The number of fused-ring (bicyclic) bond motifs is 1. The number of nitro groups is 1. The highest BCUT2D eigenvalue weighted by Gasteiger charge is 2.46. The van der Waals surface area contributed by atoms with Crippen molar-refractivity contribution in [3.05, 3.63) is 105 Å². The van der Waals surface area contributed by atoms with Crippen LogP contribution in [0.15, 0.2) is 83.0 Å². The number of nitrogens with zero attached hydrogens (tertiary/aromatic N) is 5. The van der Waals surface area contributed by atoms with E-state index in [1.54, 1.807) is 36.4 Å². The summed E-state index contributed by atoms with van der Waals surface area (Å²) in [4.78, 5) is 88.3. The highest BCUT2D eigenvalue weighted by Crippen LogP contribution is 2.33. The minimum absolute atomic E-state index is 0.0135. The van der Waals surface area contributed by atoms with Crippen molar-refractivity contribution < 1.29 is 43.2 Å². The molecule has 18 nitrogen and oxygen atoms in total. The summed E-state index contributed by atoms with van der Waals surface area (Å²) >= 11 is 0. The van der Waals surface area contributed by atoms with Crippen LogP contribution in [0.5, 0.6) is 5.75 Å². The van der Waals surface area contributed by atoms with Crippen LogP contribution in [0, 0.1) is 10.1 Å². The number of ether oxygens (including phenoxy) is 2. The van der Waals surface area contributed by atoms with E-state index in [-0.39, 0.29) is 59.2 Å². The van der Waals surface area contributed by atoms with Crippen LogP contribution >= 0.6 is 0 Å². The number of para-hydroxylation sites is 1. The lowest BCUT2D eigenvalue weighted by Gasteiger charge is -2.28. The average molecular weight is 697 g/mol. The van der Waals surface area contributed by atoms with Crippen molar-refractivity contribution in [3.8, 4) is 5.75 Å². The maximum atomic E-state index is 13.4. The number of nitrogens with one attached hydrogen (secondary N) is 3. The van der Waals surface area contributed by atoms with Crippen molar-refractivity contribution >= 4 is 53.0 Å². The summed E-state index contributed by atoms with van der Waals surface area (Å²) in [6.07, 6.45) is -2.06. The van der Waals surface area contributed by atoms with Crippen LogP contribution in [0.1, 0.15) is 57.7 Å². The SMILES string of the molecule is CC(OC(=O)N1NC(CNC(=O)COc2cccc3c2C(=O)N(C2CCC(=O)NC2=O)C3=O)=NN=C1c1ccccc1)c1ccccc1[N+](=O)[O-]. The molecule has 0 bridgehead atoms. The van der Waals surface area contributed by atoms with E-state index in [1.165, 1.54) is 43.3 Å². The molecule has 0 radical (unpaired) electrons. The topological polar surface area (TPSA) is 231 Å². The largest absolute Gasteiger partial charge is 0.483 e. The van der Waals surface area contributed by atoms with Crippen LogP contribution in [-0.4, -0.2) is 81.3 Å². The molecule has 3 aromatic rings. The fourth-order valence-electron chi connectivity index (χ4n) is 5.58. The molecule has 6 amide bonds. The third-order valence-electron chi connectivity index (χ3n) is 8.02. The molecule has 1 fully saturated rings. The number of carbonyl (C=O) groups excluding carboxylic acids is 6. The van der Waals surface area contributed by atoms with E-state index in [9.17, 15) is 38.9 Å². The van der Waals surface area contributed by atoms with Gasteiger partial charge in [0.1, 0.15) is 17.9 Å². The minimum Gasteiger partial charge on any atom is -0.483 e. The van der Waals surface area contributed by atoms with Gasteiger partial charge in [0.15, 0.2) is 18.3 Å². The molecule has 3 heterocycles. The van der Waals surface area contributed by atoms with Gasteiger partial charge in [-0.2, -0.15) is 5.01 Å². The van der Waals surface area contributed by atoms with Crippen LogP contribution < -0.4 is 20.8 Å². The molecule has 3 aliphatic heterocycles. The Morgan fingerprint density at radius 3 is 2.49 bits per heavy atom. The smallest absolute Gasteiger partial charge is 0.435 e. The van der Waals surface area contributed by atoms with Gasteiger partial charge in [0, 0.05) is 18.1 Å². The van der Waals surface area contributed by atoms with E-state index in [0.29, 0.717) is 5.56 Å². The molecular formula is C33H28N8O10. The first-order chi connectivity index (χ1) is 24.5. The van der Waals surface area contributed by atoms with Crippen LogP contribution in [0.2, 0.25) is 0 Å². The predicted octanol–water partition coefficient (Wildman–Crippen LogP) is 1.97. The summed E-state index contributed by atoms with van der Waals surface area (Å²) in [5.74, 6) is -3.46. The van der Waals surface area contributed by atoms with Crippen molar-refractivity contribution in [1.82, 2.24) is 26.0 Å². The molecule has 3 aromatic carbocycles. The molecule has 6 rings (SSSR count). The number of hydrogen-bond donors (Lipinski definition) is 3. The van der Waals surface area contributed by atoms with Crippen molar-refractivity contribution in [1.29, 1.82) is 0 Å². The molecule has 260 valence electrons. The molecular weight excluding hydrogens is 668 g/mol. The van der Waals surface area contributed by atoms with E-state index < -0.39 is 59.3 Å². The van der Waals surface area contributed by atoms with Gasteiger partial charge < -0.3 is 14.8 Å². The highest BCUT2D eigenvalue weighted by atomic mass is 16.6. The Morgan fingerprint density at radius 1 is 1.00 bits per heavy atom. The summed E-state index contributed by atoms with van der Waals surface area (Å²) < 4.78 is 11.2. The molecule has 0 saturated carbocycles. The Labute approximate surface area is 288 Å². The van der Waals surface area contributed by atoms with Gasteiger partial charge in [0.25, 0.3) is 23.4 Å². The quantitative estimate of drug-likeness (QED) is 0.158. The van der Waals surface area contributed by atoms with Crippen LogP contribution in [0.25, 0.3) is 0 Å². The van der Waals surface area contributed by atoms with Gasteiger partial charge in [-0.05, 0) is 31.5 Å². The van der Waals surface area contributed by atoms with Gasteiger partial charge in [-0.1, -0.05) is 48.5 Å². The monoisotopic (exact) mass is 696 g/mol. The molecule has 0 spiro atoms. The van der Waals surface area contributed by atoms with Crippen molar-refractivity contribution in [2.45, 2.75) is 31.9 Å². The zero-order valence-corrected chi connectivity index (χ0v) is 26.7. The van der Waals surface area contributed by atoms with Gasteiger partial charge in [-0.25, -0.2) is 4.79 Å². The van der Waals surface area contributed by atoms with Crippen molar-refractivity contribution in [2.75, 3.05) is 13.2 Å². The first-order valence-corrected chi connectivity index (χ1v) is 15.5. The van der Waals surface area contributed by atoms with E-state index >= 15 is 0 Å². The third kappa shape index (κ3) is 6.95. The summed E-state index contributed by atoms with van der Waals surface area (Å²) in [5, 5.41) is 25.4. The number of hydrazine groups is 1. The van der Waals surface area contributed by atoms with Gasteiger partial charge in [0.2, 0.25) is 11.8 Å². The standard InChI is InChI=1S/C33H28N8O10/c1-18(20-10-5-6-12-22(20)41(48)49)51-33(47)40-29(19-8-3-2-4-9-19)37-36-25(38-40)16-34-27(43)17-50-24-13-7-11-21-28(24)32(46)39(31(21)45)23-14-15-26(42)35-30(23)44/h2-13,18,23H,14-17H2,1H3,(H,34,43)(H,36,38)(H,35,42,44). The van der Waals surface area contributed by atoms with Crippen LogP contribution in [0.4, 0.5) is 10.5 Å². The summed E-state index contributed by atoms with van der Waals surface area (Å²) in [6.45, 7) is 0.614. The van der Waals surface area contributed by atoms with Gasteiger partial charge in [-0.15, -0.1) is 10.2 Å². The lowest BCUT2D eigenvalue weighted by Crippen LogP contribution is -2.55. The molecule has 1 saturated heterocycles. The molecule has 51 heavy (non-hydrogen) atoms. The van der Waals surface area contributed by atoms with E-state index in [4.69, 9.17) is 9.47 Å². The fourth-order valence-corrected chi connectivity index (χ4v) is 5.58. The van der Waals surface area contributed by atoms with Gasteiger partial charge >= 0.3 is 6.09 Å². The third-order valence-corrected chi connectivity index (χ3v) is 8.02. The van der Waals surface area contributed by atoms with Gasteiger partial charge in [-0.3, -0.25) is 49.7 Å². The van der Waals surface area contributed by atoms with Crippen LogP contribution in [-0.2, 0) is 19.1 Å². The zero-order valence-electron chi connectivity index (χ0n) is 26.7. The normalized spacial score (nSPS) is 17.4. The number of benzene rings is 3. The zero-order chi connectivity index (χ0) is 36.2. The minimum atomic E-state index is -1.17. The highest BCUT2D eigenvalue weighted by molar-refractivity contribution is 6.24. The Hall–Kier alpha value is -6.98. The Kier molecular flexibility index (Phi) is 9.47. The number of nitro benzene ring substituents is 1. The molecule has 18 heteroatoms. The number of amides is 6. The number of amidine groups is 2. The summed E-state index contributed by atoms with van der Waals surface area (Å²) in [5.41, 5.74) is 3.06. The summed E-state index contributed by atoms with van der Waals surface area (Å²) in [6, 6.07) is 17.5. The van der Waals surface area contributed by atoms with E-state index in [2.05, 4.69) is 26.3 Å². The number of piperidine rings is 1. The lowest BCUT2D eigenvalue weighted by atomic mass is 10.0. The Bertz CT molecular complexity index is 2030. The number of imide groups is 2. The van der Waals surface area contributed by atoms with E-state index in [0.717, 1.165) is 9.91 Å². The molecule has 3 aliphatic rings. The second kappa shape index (κ2) is 14.2. The van der Waals surface area contributed by atoms with Crippen molar-refractivity contribution in [2.24, 2.45) is 10.2 Å². The molecule has 2 atom stereocenters. The first-order valence-electron chi connectivity index (χ1n) is 15.5. The number of hydrogen-bond acceptors (Lipinski definition) is 13. The molecule has 2 unspecified atom stereocenters. The molecule has 0 aliphatic carbocycles. The van der Waals surface area contributed by atoms with Gasteiger partial charge in [0.05, 0.1) is 28.2 Å². The number of carbonyl (C=O) groups is 6. The lowest BCUT2D eigenvalue weighted by molar-refractivity contribution is -0.386.